The van der Waals surface area contributed by atoms with E-state index < -0.39 is 5.82 Å². The van der Waals surface area contributed by atoms with Crippen molar-refractivity contribution in [3.63, 3.8) is 0 Å². The topological polar surface area (TPSA) is 29.1 Å². The maximum Gasteiger partial charge on any atom is 0.254 e. The van der Waals surface area contributed by atoms with Crippen LogP contribution in [0, 0.1) is 11.2 Å². The summed E-state index contributed by atoms with van der Waals surface area (Å²) in [4.78, 5) is 11.7. The smallest absolute Gasteiger partial charge is 0.254 e. The molecule has 2 rings (SSSR count). The van der Waals surface area contributed by atoms with Crippen LogP contribution >= 0.6 is 15.9 Å². The van der Waals surface area contributed by atoms with Crippen molar-refractivity contribution in [1.82, 2.24) is 5.32 Å². The monoisotopic (exact) mass is 285 g/mol. The first kappa shape index (κ1) is 11.6. The van der Waals surface area contributed by atoms with E-state index in [0.29, 0.717) is 4.47 Å². The van der Waals surface area contributed by atoms with E-state index in [9.17, 15) is 9.18 Å². The van der Waals surface area contributed by atoms with Crippen molar-refractivity contribution >= 4 is 21.8 Å². The zero-order valence-corrected chi connectivity index (χ0v) is 10.8. The van der Waals surface area contributed by atoms with E-state index in [2.05, 4.69) is 35.1 Å². The average Bonchev–Trinajstić information content (AvgIpc) is 2.72. The van der Waals surface area contributed by atoms with Crippen LogP contribution in [-0.4, -0.2) is 11.9 Å². The van der Waals surface area contributed by atoms with Gasteiger partial charge in [0, 0.05) is 10.5 Å². The largest absolute Gasteiger partial charge is 0.349 e. The third kappa shape index (κ3) is 2.26. The maximum absolute atomic E-state index is 13.5. The number of amides is 1. The molecule has 1 aromatic rings. The number of nitrogens with one attached hydrogen (secondary N) is 1. The molecular weight excluding hydrogens is 273 g/mol. The van der Waals surface area contributed by atoms with Crippen LogP contribution in [0.5, 0.6) is 0 Å². The Bertz CT molecular complexity index is 445. The fraction of sp³-hybridized carbons (Fsp3) is 0.417. The Balaban J connectivity index is 2.10. The third-order valence-electron chi connectivity index (χ3n) is 2.99. The zero-order chi connectivity index (χ0) is 11.9. The molecule has 1 amide bonds. The molecule has 0 spiro atoms. The summed E-state index contributed by atoms with van der Waals surface area (Å²) >= 11 is 3.15. The van der Waals surface area contributed by atoms with Crippen LogP contribution in [-0.2, 0) is 0 Å². The van der Waals surface area contributed by atoms with E-state index in [1.54, 1.807) is 6.07 Å². The molecule has 1 aliphatic rings. The standard InChI is InChI=1S/C12H13BrFNO/c1-12(2)6-10(12)15-11(16)8-4-3-7(13)5-9(8)14/h3-5,10H,6H2,1-2H3,(H,15,16). The molecule has 0 bridgehead atoms. The lowest BCUT2D eigenvalue weighted by Gasteiger charge is -2.07. The van der Waals surface area contributed by atoms with Crippen LogP contribution in [0.4, 0.5) is 4.39 Å². The summed E-state index contributed by atoms with van der Waals surface area (Å²) in [5.74, 6) is -0.828. The van der Waals surface area contributed by atoms with E-state index in [0.717, 1.165) is 6.42 Å². The molecule has 2 nitrogen and oxygen atoms in total. The Hall–Kier alpha value is -0.900. The highest BCUT2D eigenvalue weighted by Gasteiger charge is 2.46. The van der Waals surface area contributed by atoms with Gasteiger partial charge in [0.2, 0.25) is 0 Å². The van der Waals surface area contributed by atoms with Gasteiger partial charge in [-0.15, -0.1) is 0 Å². The van der Waals surface area contributed by atoms with Gasteiger partial charge in [0.05, 0.1) is 5.56 Å². The lowest BCUT2D eigenvalue weighted by atomic mass is 10.1. The number of carbonyl (C=O) groups excluding carboxylic acids is 1. The van der Waals surface area contributed by atoms with Gasteiger partial charge < -0.3 is 5.32 Å². The summed E-state index contributed by atoms with van der Waals surface area (Å²) in [6, 6.07) is 4.62. The lowest BCUT2D eigenvalue weighted by molar-refractivity contribution is 0.0942. The first-order valence-electron chi connectivity index (χ1n) is 5.16. The fourth-order valence-electron chi connectivity index (χ4n) is 1.62. The Morgan fingerprint density at radius 2 is 2.19 bits per heavy atom. The molecule has 1 aromatic carbocycles. The van der Waals surface area contributed by atoms with Crippen LogP contribution in [0.15, 0.2) is 22.7 Å². The Morgan fingerprint density at radius 1 is 1.56 bits per heavy atom. The second-order valence-electron chi connectivity index (χ2n) is 4.84. The van der Waals surface area contributed by atoms with Gasteiger partial charge in [-0.25, -0.2) is 4.39 Å². The Labute approximate surface area is 102 Å². The summed E-state index contributed by atoms with van der Waals surface area (Å²) < 4.78 is 14.1. The predicted octanol–water partition coefficient (Wildman–Crippen LogP) is 3.12. The number of halogens is 2. The summed E-state index contributed by atoms with van der Waals surface area (Å²) in [5, 5.41) is 2.83. The summed E-state index contributed by atoms with van der Waals surface area (Å²) in [7, 11) is 0. The minimum atomic E-state index is -0.495. The minimum Gasteiger partial charge on any atom is -0.349 e. The van der Waals surface area contributed by atoms with E-state index in [-0.39, 0.29) is 22.9 Å². The summed E-state index contributed by atoms with van der Waals surface area (Å²) in [6.07, 6.45) is 0.955. The second kappa shape index (κ2) is 3.84. The van der Waals surface area contributed by atoms with Crippen LogP contribution in [0.25, 0.3) is 0 Å². The lowest BCUT2D eigenvalue weighted by Crippen LogP contribution is -2.29. The van der Waals surface area contributed by atoms with Crippen molar-refractivity contribution in [2.45, 2.75) is 26.3 Å². The molecule has 4 heteroatoms. The molecule has 1 saturated carbocycles. The van der Waals surface area contributed by atoms with E-state index >= 15 is 0 Å². The van der Waals surface area contributed by atoms with Gasteiger partial charge in [-0.3, -0.25) is 4.79 Å². The van der Waals surface area contributed by atoms with Gasteiger partial charge in [-0.1, -0.05) is 29.8 Å². The first-order chi connectivity index (χ1) is 7.40. The van der Waals surface area contributed by atoms with Crippen molar-refractivity contribution in [2.75, 3.05) is 0 Å². The van der Waals surface area contributed by atoms with Crippen molar-refractivity contribution in [1.29, 1.82) is 0 Å². The molecule has 0 aliphatic heterocycles. The molecule has 1 aliphatic carbocycles. The highest BCUT2D eigenvalue weighted by atomic mass is 79.9. The number of rotatable bonds is 2. The summed E-state index contributed by atoms with van der Waals surface area (Å²) in [6.45, 7) is 4.16. The maximum atomic E-state index is 13.5. The van der Waals surface area contributed by atoms with Crippen molar-refractivity contribution in [2.24, 2.45) is 5.41 Å². The molecule has 1 fully saturated rings. The van der Waals surface area contributed by atoms with Gasteiger partial charge in [0.1, 0.15) is 5.82 Å². The van der Waals surface area contributed by atoms with Crippen molar-refractivity contribution in [3.8, 4) is 0 Å². The number of hydrogen-bond acceptors (Lipinski definition) is 1. The first-order valence-corrected chi connectivity index (χ1v) is 5.95. The Kier molecular flexibility index (Phi) is 2.78. The number of carbonyl (C=O) groups is 1. The SMILES string of the molecule is CC1(C)CC1NC(=O)c1ccc(Br)cc1F. The molecule has 0 heterocycles. The van der Waals surface area contributed by atoms with E-state index in [1.165, 1.54) is 12.1 Å². The fourth-order valence-corrected chi connectivity index (χ4v) is 1.96. The highest BCUT2D eigenvalue weighted by Crippen LogP contribution is 2.44. The van der Waals surface area contributed by atoms with Crippen molar-refractivity contribution < 1.29 is 9.18 Å². The highest BCUT2D eigenvalue weighted by molar-refractivity contribution is 9.10. The second-order valence-corrected chi connectivity index (χ2v) is 5.76. The Morgan fingerprint density at radius 3 is 2.69 bits per heavy atom. The van der Waals surface area contributed by atoms with Gasteiger partial charge in [-0.2, -0.15) is 0 Å². The molecule has 1 unspecified atom stereocenters. The van der Waals surface area contributed by atoms with Gasteiger partial charge >= 0.3 is 0 Å². The molecule has 0 aromatic heterocycles. The van der Waals surface area contributed by atoms with Crippen LogP contribution in [0.1, 0.15) is 30.6 Å². The molecular formula is C12H13BrFNO. The molecule has 0 radical (unpaired) electrons. The van der Waals surface area contributed by atoms with Crippen LogP contribution in [0.3, 0.4) is 0 Å². The van der Waals surface area contributed by atoms with Crippen LogP contribution in [0.2, 0.25) is 0 Å². The summed E-state index contributed by atoms with van der Waals surface area (Å²) in [5.41, 5.74) is 0.257. The quantitative estimate of drug-likeness (QED) is 0.889. The molecule has 1 atom stereocenters. The molecule has 16 heavy (non-hydrogen) atoms. The normalized spacial score (nSPS) is 21.6. The van der Waals surface area contributed by atoms with Gasteiger partial charge in [0.25, 0.3) is 5.91 Å². The molecule has 0 saturated heterocycles. The minimum absolute atomic E-state index is 0.103. The van der Waals surface area contributed by atoms with E-state index in [1.807, 2.05) is 0 Å². The number of hydrogen-bond donors (Lipinski definition) is 1. The predicted molar refractivity (Wildman–Crippen MR) is 63.8 cm³/mol. The average molecular weight is 286 g/mol. The van der Waals surface area contributed by atoms with E-state index in [4.69, 9.17) is 0 Å². The van der Waals surface area contributed by atoms with Gasteiger partial charge in [-0.05, 0) is 30.0 Å². The molecule has 1 N–H and O–H groups in total. The zero-order valence-electron chi connectivity index (χ0n) is 9.18. The molecule has 86 valence electrons. The van der Waals surface area contributed by atoms with Crippen molar-refractivity contribution in [3.05, 3.63) is 34.1 Å². The van der Waals surface area contributed by atoms with Gasteiger partial charge in [0.15, 0.2) is 0 Å². The van der Waals surface area contributed by atoms with Crippen LogP contribution < -0.4 is 5.32 Å². The third-order valence-corrected chi connectivity index (χ3v) is 3.49. The number of benzene rings is 1.